The van der Waals surface area contributed by atoms with Gasteiger partial charge in [-0.2, -0.15) is 0 Å². The third kappa shape index (κ3) is 4.75. The van der Waals surface area contributed by atoms with E-state index >= 15 is 0 Å². The van der Waals surface area contributed by atoms with E-state index in [2.05, 4.69) is 34.3 Å². The second-order valence-corrected chi connectivity index (χ2v) is 6.98. The number of hydrogen-bond acceptors (Lipinski definition) is 4. The highest BCUT2D eigenvalue weighted by Gasteiger charge is 2.36. The van der Waals surface area contributed by atoms with Crippen molar-refractivity contribution in [1.29, 1.82) is 0 Å². The van der Waals surface area contributed by atoms with Gasteiger partial charge in [-0.05, 0) is 49.7 Å². The Bertz CT molecular complexity index is 522. The summed E-state index contributed by atoms with van der Waals surface area (Å²) in [5, 5.41) is 12.6. The van der Waals surface area contributed by atoms with E-state index in [0.717, 1.165) is 44.0 Å². The summed E-state index contributed by atoms with van der Waals surface area (Å²) in [7, 11) is 0. The molecular weight excluding hydrogens is 290 g/mol. The highest BCUT2D eigenvalue weighted by atomic mass is 16.4. The van der Waals surface area contributed by atoms with Gasteiger partial charge >= 0.3 is 5.97 Å². The van der Waals surface area contributed by atoms with Gasteiger partial charge in [0.2, 0.25) is 0 Å². The lowest BCUT2D eigenvalue weighted by Gasteiger charge is -2.43. The number of nitrogens with zero attached hydrogens (tertiary/aromatic N) is 2. The number of aryl methyl sites for hydroxylation is 1. The summed E-state index contributed by atoms with van der Waals surface area (Å²) < 4.78 is 0. The lowest BCUT2D eigenvalue weighted by Crippen LogP contribution is -2.54. The van der Waals surface area contributed by atoms with Gasteiger partial charge in [0.15, 0.2) is 0 Å². The number of aromatic nitrogens is 1. The van der Waals surface area contributed by atoms with Crippen molar-refractivity contribution in [3.05, 3.63) is 29.6 Å². The number of nitrogens with one attached hydrogen (secondary N) is 1. The summed E-state index contributed by atoms with van der Waals surface area (Å²) in [5.74, 6) is 0.0358. The highest BCUT2D eigenvalue weighted by Crippen LogP contribution is 2.33. The molecule has 0 aromatic carbocycles. The van der Waals surface area contributed by atoms with Gasteiger partial charge in [-0.3, -0.25) is 14.7 Å². The minimum absolute atomic E-state index is 0.191. The van der Waals surface area contributed by atoms with Crippen LogP contribution in [-0.2, 0) is 17.8 Å². The van der Waals surface area contributed by atoms with Crippen LogP contribution in [0.4, 0.5) is 0 Å². The average Bonchev–Trinajstić information content (AvgIpc) is 3.29. The number of carbonyl (C=O) groups is 1. The maximum absolute atomic E-state index is 11.0. The Kier molecular flexibility index (Phi) is 5.28. The van der Waals surface area contributed by atoms with Crippen molar-refractivity contribution < 1.29 is 9.90 Å². The second-order valence-electron chi connectivity index (χ2n) is 6.98. The van der Waals surface area contributed by atoms with Crippen molar-refractivity contribution in [2.75, 3.05) is 13.1 Å². The zero-order valence-corrected chi connectivity index (χ0v) is 13.9. The van der Waals surface area contributed by atoms with Crippen LogP contribution in [0, 0.1) is 5.92 Å². The standard InChI is InChI=1S/C18H27N3O2/c1-2-15-6-5-14(9-19-15)10-20-16-7-17(8-16)21(12-18(22)23)11-13-3-4-13/h5-6,9,13,16-17,20H,2-4,7-8,10-12H2,1H3,(H,22,23). The molecule has 0 bridgehead atoms. The van der Waals surface area contributed by atoms with Crippen LogP contribution in [0.2, 0.25) is 0 Å². The molecule has 0 amide bonds. The van der Waals surface area contributed by atoms with Crippen molar-refractivity contribution in [3.63, 3.8) is 0 Å². The molecule has 1 aromatic rings. The molecule has 0 aliphatic heterocycles. The van der Waals surface area contributed by atoms with Crippen molar-refractivity contribution >= 4 is 5.97 Å². The van der Waals surface area contributed by atoms with Gasteiger partial charge in [-0.1, -0.05) is 13.0 Å². The van der Waals surface area contributed by atoms with E-state index in [4.69, 9.17) is 5.11 Å². The first-order valence-corrected chi connectivity index (χ1v) is 8.77. The van der Waals surface area contributed by atoms with Crippen LogP contribution in [0.1, 0.15) is 43.9 Å². The molecule has 2 N–H and O–H groups in total. The minimum atomic E-state index is -0.704. The molecule has 5 nitrogen and oxygen atoms in total. The summed E-state index contributed by atoms with van der Waals surface area (Å²) >= 11 is 0. The van der Waals surface area contributed by atoms with Crippen molar-refractivity contribution in [2.45, 2.75) is 57.7 Å². The van der Waals surface area contributed by atoms with E-state index < -0.39 is 5.97 Å². The monoisotopic (exact) mass is 317 g/mol. The normalized spacial score (nSPS) is 23.7. The molecule has 0 radical (unpaired) electrons. The van der Waals surface area contributed by atoms with Crippen LogP contribution >= 0.6 is 0 Å². The topological polar surface area (TPSA) is 65.5 Å². The van der Waals surface area contributed by atoms with E-state index in [1.165, 1.54) is 18.4 Å². The molecule has 0 atom stereocenters. The van der Waals surface area contributed by atoms with Gasteiger partial charge < -0.3 is 10.4 Å². The molecule has 1 aromatic heterocycles. The van der Waals surface area contributed by atoms with E-state index in [-0.39, 0.29) is 6.54 Å². The van der Waals surface area contributed by atoms with Crippen LogP contribution in [0.25, 0.3) is 0 Å². The number of hydrogen-bond donors (Lipinski definition) is 2. The molecule has 23 heavy (non-hydrogen) atoms. The predicted molar refractivity (Wildman–Crippen MR) is 89.2 cm³/mol. The van der Waals surface area contributed by atoms with Gasteiger partial charge in [0.1, 0.15) is 0 Å². The van der Waals surface area contributed by atoms with Gasteiger partial charge in [0.25, 0.3) is 0 Å². The van der Waals surface area contributed by atoms with E-state index in [9.17, 15) is 4.79 Å². The molecule has 2 fully saturated rings. The lowest BCUT2D eigenvalue weighted by atomic mass is 9.85. The maximum atomic E-state index is 11.0. The average molecular weight is 317 g/mol. The van der Waals surface area contributed by atoms with Gasteiger partial charge in [0, 0.05) is 37.1 Å². The fourth-order valence-corrected chi connectivity index (χ4v) is 3.23. The first-order valence-electron chi connectivity index (χ1n) is 8.77. The molecule has 2 saturated carbocycles. The van der Waals surface area contributed by atoms with Crippen molar-refractivity contribution in [3.8, 4) is 0 Å². The third-order valence-electron chi connectivity index (χ3n) is 5.00. The summed E-state index contributed by atoms with van der Waals surface area (Å²) in [6, 6.07) is 5.16. The van der Waals surface area contributed by atoms with Crippen LogP contribution in [-0.4, -0.2) is 46.1 Å². The predicted octanol–water partition coefficient (Wildman–Crippen LogP) is 2.06. The van der Waals surface area contributed by atoms with Crippen molar-refractivity contribution in [1.82, 2.24) is 15.2 Å². The van der Waals surface area contributed by atoms with Crippen LogP contribution in [0.3, 0.4) is 0 Å². The Morgan fingerprint density at radius 2 is 2.17 bits per heavy atom. The fourth-order valence-electron chi connectivity index (χ4n) is 3.23. The molecular formula is C18H27N3O2. The fraction of sp³-hybridized carbons (Fsp3) is 0.667. The number of aliphatic carboxylic acids is 1. The van der Waals surface area contributed by atoms with Gasteiger partial charge in [0.05, 0.1) is 6.54 Å². The zero-order chi connectivity index (χ0) is 16.2. The van der Waals surface area contributed by atoms with E-state index in [1.54, 1.807) is 0 Å². The first kappa shape index (κ1) is 16.4. The zero-order valence-electron chi connectivity index (χ0n) is 13.9. The molecule has 0 unspecified atom stereocenters. The molecule has 2 aliphatic carbocycles. The van der Waals surface area contributed by atoms with Gasteiger partial charge in [-0.25, -0.2) is 0 Å². The summed E-state index contributed by atoms with van der Waals surface area (Å²) in [6.45, 7) is 4.11. The SMILES string of the molecule is CCc1ccc(CNC2CC(N(CC(=O)O)CC3CC3)C2)cn1. The molecule has 2 aliphatic rings. The van der Waals surface area contributed by atoms with E-state index in [1.807, 2.05) is 6.20 Å². The largest absolute Gasteiger partial charge is 0.480 e. The maximum Gasteiger partial charge on any atom is 0.317 e. The quantitative estimate of drug-likeness (QED) is 0.730. The minimum Gasteiger partial charge on any atom is -0.480 e. The summed E-state index contributed by atoms with van der Waals surface area (Å²) in [5.41, 5.74) is 2.34. The Hall–Kier alpha value is -1.46. The smallest absolute Gasteiger partial charge is 0.317 e. The van der Waals surface area contributed by atoms with E-state index in [0.29, 0.717) is 12.1 Å². The molecule has 5 heteroatoms. The molecule has 0 spiro atoms. The first-order chi connectivity index (χ1) is 11.1. The van der Waals surface area contributed by atoms with Gasteiger partial charge in [-0.15, -0.1) is 0 Å². The highest BCUT2D eigenvalue weighted by molar-refractivity contribution is 5.69. The Morgan fingerprint density at radius 1 is 1.39 bits per heavy atom. The molecule has 126 valence electrons. The molecule has 3 rings (SSSR count). The summed E-state index contributed by atoms with van der Waals surface area (Å²) in [4.78, 5) is 17.6. The number of pyridine rings is 1. The number of carboxylic acid groups (broad SMARTS) is 1. The molecule has 0 saturated heterocycles. The Labute approximate surface area is 138 Å². The number of rotatable bonds is 9. The van der Waals surface area contributed by atoms with Crippen LogP contribution in [0.5, 0.6) is 0 Å². The third-order valence-corrected chi connectivity index (χ3v) is 5.00. The number of carboxylic acids is 1. The van der Waals surface area contributed by atoms with Crippen LogP contribution < -0.4 is 5.32 Å². The Balaban J connectivity index is 1.41. The van der Waals surface area contributed by atoms with Crippen molar-refractivity contribution in [2.24, 2.45) is 5.92 Å². The second kappa shape index (κ2) is 7.41. The Morgan fingerprint density at radius 3 is 2.74 bits per heavy atom. The summed E-state index contributed by atoms with van der Waals surface area (Å²) in [6.07, 6.45) is 7.57. The molecule has 1 heterocycles. The lowest BCUT2D eigenvalue weighted by molar-refractivity contribution is -0.139. The van der Waals surface area contributed by atoms with Crippen LogP contribution in [0.15, 0.2) is 18.3 Å².